The second-order valence-corrected chi connectivity index (χ2v) is 9.58. The summed E-state index contributed by atoms with van der Waals surface area (Å²) < 4.78 is 40.0. The summed E-state index contributed by atoms with van der Waals surface area (Å²) in [7, 11) is -4.48. The molecule has 0 radical (unpaired) electrons. The Kier molecular flexibility index (Phi) is 6.35. The first-order valence-corrected chi connectivity index (χ1v) is 11.9. The average Bonchev–Trinajstić information content (AvgIpc) is 3.29. The highest BCUT2D eigenvalue weighted by Crippen LogP contribution is 2.32. The number of nitrogens with two attached hydrogens (primary N) is 1. The average molecular weight is 483 g/mol. The van der Waals surface area contributed by atoms with Crippen LogP contribution >= 0.6 is 11.8 Å². The van der Waals surface area contributed by atoms with Crippen LogP contribution in [0.3, 0.4) is 0 Å². The molecule has 0 bridgehead atoms. The van der Waals surface area contributed by atoms with E-state index in [9.17, 15) is 28.3 Å². The van der Waals surface area contributed by atoms with Crippen LogP contribution in [-0.4, -0.2) is 78.5 Å². The van der Waals surface area contributed by atoms with Gasteiger partial charge in [0, 0.05) is 5.75 Å². The molecule has 0 amide bonds. The van der Waals surface area contributed by atoms with Crippen molar-refractivity contribution in [1.29, 1.82) is 0 Å². The van der Waals surface area contributed by atoms with Gasteiger partial charge in [-0.25, -0.2) is 23.4 Å². The standard InChI is InChI=1S/C18H21N5O7S2/c19-15-12-16(23(8-20-12)17-14(26)13(25)11(7-24)30-17)22-18(21-15)31-6-5-9-1-3-10(4-2-9)32(27,28)29/h1-4,8,11,13-14,17,24-26H,5-7H2,(H2,19,21,22)(H,27,28,29)/p-1/t11-,13-,14-,17-/m1/s1. The van der Waals surface area contributed by atoms with Gasteiger partial charge in [0.2, 0.25) is 0 Å². The lowest BCUT2D eigenvalue weighted by atomic mass is 10.1. The van der Waals surface area contributed by atoms with Gasteiger partial charge in [0.05, 0.1) is 17.8 Å². The lowest BCUT2D eigenvalue weighted by molar-refractivity contribution is -0.0511. The molecule has 5 N–H and O–H groups in total. The van der Waals surface area contributed by atoms with Crippen LogP contribution in [0.15, 0.2) is 40.6 Å². The topological polar surface area (TPSA) is 197 Å². The Labute approximate surface area is 186 Å². The summed E-state index contributed by atoms with van der Waals surface area (Å²) in [5.74, 6) is 0.671. The number of imidazole rings is 1. The Bertz CT molecular complexity index is 1220. The molecule has 1 fully saturated rings. The first-order chi connectivity index (χ1) is 15.2. The molecule has 3 heterocycles. The third-order valence-corrected chi connectivity index (χ3v) is 6.75. The molecule has 12 nitrogen and oxygen atoms in total. The Morgan fingerprint density at radius 3 is 2.53 bits per heavy atom. The van der Waals surface area contributed by atoms with Gasteiger partial charge in [-0.05, 0) is 24.1 Å². The summed E-state index contributed by atoms with van der Waals surface area (Å²) >= 11 is 1.30. The van der Waals surface area contributed by atoms with E-state index in [0.29, 0.717) is 28.5 Å². The van der Waals surface area contributed by atoms with Crippen molar-refractivity contribution in [1.82, 2.24) is 19.5 Å². The molecule has 0 saturated carbocycles. The van der Waals surface area contributed by atoms with Gasteiger partial charge >= 0.3 is 0 Å². The number of ether oxygens (including phenoxy) is 1. The molecular weight excluding hydrogens is 462 g/mol. The Morgan fingerprint density at radius 1 is 1.19 bits per heavy atom. The molecule has 0 spiro atoms. The molecule has 3 aromatic rings. The van der Waals surface area contributed by atoms with Crippen molar-refractivity contribution in [2.75, 3.05) is 18.1 Å². The Balaban J connectivity index is 1.50. The normalized spacial score (nSPS) is 23.8. The maximum Gasteiger partial charge on any atom is 0.191 e. The number of nitrogen functional groups attached to an aromatic ring is 1. The minimum atomic E-state index is -4.48. The molecule has 0 aliphatic carbocycles. The molecule has 32 heavy (non-hydrogen) atoms. The fourth-order valence-electron chi connectivity index (χ4n) is 3.36. The van der Waals surface area contributed by atoms with E-state index in [2.05, 4.69) is 15.0 Å². The van der Waals surface area contributed by atoms with E-state index in [1.54, 1.807) is 12.1 Å². The highest BCUT2D eigenvalue weighted by atomic mass is 32.2. The van der Waals surface area contributed by atoms with Gasteiger partial charge in [-0.2, -0.15) is 0 Å². The van der Waals surface area contributed by atoms with Crippen LogP contribution in [0, 0.1) is 0 Å². The molecular formula is C18H20N5O7S2-. The van der Waals surface area contributed by atoms with Crippen molar-refractivity contribution < 1.29 is 33.0 Å². The second-order valence-electron chi connectivity index (χ2n) is 7.14. The quantitative estimate of drug-likeness (QED) is 0.187. The van der Waals surface area contributed by atoms with Crippen molar-refractivity contribution in [3.63, 3.8) is 0 Å². The number of hydrogen-bond donors (Lipinski definition) is 4. The second kappa shape index (κ2) is 8.90. The molecule has 1 aromatic carbocycles. The molecule has 1 aliphatic heterocycles. The number of thioether (sulfide) groups is 1. The number of rotatable bonds is 7. The minimum absolute atomic E-state index is 0.132. The smallest absolute Gasteiger partial charge is 0.191 e. The van der Waals surface area contributed by atoms with E-state index in [1.807, 2.05) is 0 Å². The number of benzene rings is 1. The zero-order valence-electron chi connectivity index (χ0n) is 16.5. The zero-order valence-corrected chi connectivity index (χ0v) is 18.1. The van der Waals surface area contributed by atoms with Crippen molar-refractivity contribution in [2.45, 2.75) is 41.0 Å². The van der Waals surface area contributed by atoms with E-state index in [0.717, 1.165) is 5.56 Å². The molecule has 172 valence electrons. The van der Waals surface area contributed by atoms with Crippen molar-refractivity contribution >= 4 is 38.9 Å². The summed E-state index contributed by atoms with van der Waals surface area (Å²) in [6, 6.07) is 5.67. The van der Waals surface area contributed by atoms with Gasteiger partial charge in [-0.1, -0.05) is 23.9 Å². The fourth-order valence-corrected chi connectivity index (χ4v) is 4.66. The van der Waals surface area contributed by atoms with Crippen molar-refractivity contribution in [3.8, 4) is 0 Å². The van der Waals surface area contributed by atoms with Crippen LogP contribution in [0.25, 0.3) is 11.2 Å². The van der Waals surface area contributed by atoms with Gasteiger partial charge < -0.3 is 30.3 Å². The number of anilines is 1. The zero-order chi connectivity index (χ0) is 23.0. The highest BCUT2D eigenvalue weighted by molar-refractivity contribution is 7.99. The predicted octanol–water partition coefficient (Wildman–Crippen LogP) is -0.741. The van der Waals surface area contributed by atoms with Gasteiger partial charge in [0.15, 0.2) is 22.8 Å². The predicted molar refractivity (Wildman–Crippen MR) is 112 cm³/mol. The van der Waals surface area contributed by atoms with E-state index >= 15 is 0 Å². The molecule has 1 aliphatic rings. The maximum absolute atomic E-state index is 11.0. The lowest BCUT2D eigenvalue weighted by Gasteiger charge is -2.16. The molecule has 4 atom stereocenters. The van der Waals surface area contributed by atoms with Crippen LogP contribution in [0.1, 0.15) is 11.8 Å². The van der Waals surface area contributed by atoms with Gasteiger partial charge in [-0.15, -0.1) is 0 Å². The lowest BCUT2D eigenvalue weighted by Crippen LogP contribution is -2.33. The third-order valence-electron chi connectivity index (χ3n) is 5.05. The molecule has 1 saturated heterocycles. The van der Waals surface area contributed by atoms with Gasteiger partial charge in [-0.3, -0.25) is 4.57 Å². The summed E-state index contributed by atoms with van der Waals surface area (Å²) in [4.78, 5) is 12.5. The first kappa shape index (κ1) is 22.8. The number of aryl methyl sites for hydroxylation is 1. The van der Waals surface area contributed by atoms with Crippen LogP contribution < -0.4 is 5.73 Å². The Hall–Kier alpha value is -2.33. The van der Waals surface area contributed by atoms with E-state index in [1.165, 1.54) is 34.8 Å². The summed E-state index contributed by atoms with van der Waals surface area (Å²) in [5.41, 5.74) is 7.45. The third kappa shape index (κ3) is 4.43. The van der Waals surface area contributed by atoms with Gasteiger partial charge in [0.1, 0.15) is 33.9 Å². The molecule has 14 heteroatoms. The van der Waals surface area contributed by atoms with Crippen LogP contribution in [0.2, 0.25) is 0 Å². The number of nitrogens with zero attached hydrogens (tertiary/aromatic N) is 4. The number of hydrogen-bond acceptors (Lipinski definition) is 12. The molecule has 0 unspecified atom stereocenters. The monoisotopic (exact) mass is 482 g/mol. The number of fused-ring (bicyclic) bond motifs is 1. The van der Waals surface area contributed by atoms with E-state index in [4.69, 9.17) is 10.5 Å². The van der Waals surface area contributed by atoms with Crippen molar-refractivity contribution in [2.24, 2.45) is 0 Å². The molecule has 2 aromatic heterocycles. The summed E-state index contributed by atoms with van der Waals surface area (Å²) in [6.07, 6.45) is -2.58. The largest absolute Gasteiger partial charge is 0.744 e. The van der Waals surface area contributed by atoms with Crippen LogP contribution in [0.4, 0.5) is 5.82 Å². The number of aromatic nitrogens is 4. The van der Waals surface area contributed by atoms with E-state index in [-0.39, 0.29) is 10.7 Å². The Morgan fingerprint density at radius 2 is 1.91 bits per heavy atom. The first-order valence-electron chi connectivity index (χ1n) is 9.49. The molecule has 4 rings (SSSR count). The summed E-state index contributed by atoms with van der Waals surface area (Å²) in [5, 5.41) is 30.0. The summed E-state index contributed by atoms with van der Waals surface area (Å²) in [6.45, 7) is -0.457. The number of aliphatic hydroxyl groups excluding tert-OH is 3. The maximum atomic E-state index is 11.0. The SMILES string of the molecule is Nc1nc(SCCc2ccc(S(=O)(=O)[O-])cc2)nc2c1ncn2[C@@H]1O[C@H](CO)[C@@H](O)[C@H]1O. The fraction of sp³-hybridized carbons (Fsp3) is 0.389. The van der Waals surface area contributed by atoms with E-state index < -0.39 is 41.3 Å². The minimum Gasteiger partial charge on any atom is -0.744 e. The number of aliphatic hydroxyl groups is 3. The van der Waals surface area contributed by atoms with Crippen LogP contribution in [-0.2, 0) is 21.3 Å². The highest BCUT2D eigenvalue weighted by Gasteiger charge is 2.44. The van der Waals surface area contributed by atoms with Crippen molar-refractivity contribution in [3.05, 3.63) is 36.2 Å². The van der Waals surface area contributed by atoms with Gasteiger partial charge in [0.25, 0.3) is 0 Å². The van der Waals surface area contributed by atoms with Crippen LogP contribution in [0.5, 0.6) is 0 Å².